The molecule has 0 aliphatic rings. The summed E-state index contributed by atoms with van der Waals surface area (Å²) < 4.78 is 5.20. The molecule has 1 nitrogen and oxygen atoms in total. The summed E-state index contributed by atoms with van der Waals surface area (Å²) in [5.41, 5.74) is 0. The lowest BCUT2D eigenvalue weighted by molar-refractivity contribution is 0.324. The zero-order valence-corrected chi connectivity index (χ0v) is 15.5. The maximum absolute atomic E-state index is 5.20. The molecule has 0 saturated carbocycles. The summed E-state index contributed by atoms with van der Waals surface area (Å²) >= 11 is 0. The van der Waals surface area contributed by atoms with Crippen LogP contribution in [0.3, 0.4) is 0 Å². The largest absolute Gasteiger partial charge is 0.495 e. The van der Waals surface area contributed by atoms with Crippen LogP contribution < -0.4 is 0 Å². The van der Waals surface area contributed by atoms with Crippen molar-refractivity contribution in [1.82, 2.24) is 0 Å². The molecule has 0 unspecified atom stereocenters. The topological polar surface area (TPSA) is 9.23 Å². The van der Waals surface area contributed by atoms with E-state index >= 15 is 0 Å². The molecular formula is C21H41O. The summed E-state index contributed by atoms with van der Waals surface area (Å²) in [5.74, 6) is 0. The molecule has 0 aromatic heterocycles. The van der Waals surface area contributed by atoms with Gasteiger partial charge in [0, 0.05) is 0 Å². The molecule has 131 valence electrons. The van der Waals surface area contributed by atoms with Crippen molar-refractivity contribution in [3.8, 4) is 0 Å². The van der Waals surface area contributed by atoms with Crippen molar-refractivity contribution in [1.29, 1.82) is 0 Å². The molecule has 0 bridgehead atoms. The predicted molar refractivity (Wildman–Crippen MR) is 99.7 cm³/mol. The maximum atomic E-state index is 5.20. The fraction of sp³-hybridized carbons (Fsp3) is 0.857. The second kappa shape index (κ2) is 20.5. The van der Waals surface area contributed by atoms with E-state index in [0.717, 1.165) is 12.8 Å². The zero-order chi connectivity index (χ0) is 16.1. The first kappa shape index (κ1) is 21.5. The lowest BCUT2D eigenvalue weighted by atomic mass is 10.0. The van der Waals surface area contributed by atoms with Gasteiger partial charge in [-0.3, -0.25) is 0 Å². The summed E-state index contributed by atoms with van der Waals surface area (Å²) in [6, 6.07) is 0. The van der Waals surface area contributed by atoms with Crippen molar-refractivity contribution in [2.24, 2.45) is 0 Å². The summed E-state index contributed by atoms with van der Waals surface area (Å²) in [4.78, 5) is 0. The van der Waals surface area contributed by atoms with Gasteiger partial charge in [0.05, 0.1) is 6.26 Å². The van der Waals surface area contributed by atoms with Crippen molar-refractivity contribution in [3.05, 3.63) is 18.9 Å². The van der Waals surface area contributed by atoms with Crippen molar-refractivity contribution >= 4 is 0 Å². The molecule has 0 spiro atoms. The highest BCUT2D eigenvalue weighted by Gasteiger charge is 1.93. The first-order valence-corrected chi connectivity index (χ1v) is 10.0. The maximum Gasteiger partial charge on any atom is 0.134 e. The minimum absolute atomic E-state index is 0.975. The molecule has 0 aromatic carbocycles. The minimum Gasteiger partial charge on any atom is -0.495 e. The molecular weight excluding hydrogens is 268 g/mol. The van der Waals surface area contributed by atoms with E-state index in [1.807, 2.05) is 12.9 Å². The van der Waals surface area contributed by atoms with Gasteiger partial charge in [0.25, 0.3) is 0 Å². The number of hydrogen-bond acceptors (Lipinski definition) is 1. The van der Waals surface area contributed by atoms with Gasteiger partial charge < -0.3 is 4.74 Å². The monoisotopic (exact) mass is 309 g/mol. The quantitative estimate of drug-likeness (QED) is 0.184. The van der Waals surface area contributed by atoms with Gasteiger partial charge in [0.1, 0.15) is 6.61 Å². The average Bonchev–Trinajstić information content (AvgIpc) is 2.54. The van der Waals surface area contributed by atoms with Gasteiger partial charge in [-0.1, -0.05) is 97.3 Å². The molecule has 1 radical (unpaired) electrons. The molecule has 22 heavy (non-hydrogen) atoms. The molecule has 0 N–H and O–H groups in total. The molecule has 0 aromatic rings. The third-order valence-electron chi connectivity index (χ3n) is 4.16. The number of hydrogen-bond donors (Lipinski definition) is 0. The van der Waals surface area contributed by atoms with Gasteiger partial charge in [-0.05, 0) is 25.3 Å². The molecule has 0 atom stereocenters. The van der Waals surface area contributed by atoms with Gasteiger partial charge in [0.2, 0.25) is 0 Å². The Morgan fingerprint density at radius 1 is 0.591 bits per heavy atom. The van der Waals surface area contributed by atoms with Crippen LogP contribution in [0.25, 0.3) is 0 Å². The molecule has 0 heterocycles. The van der Waals surface area contributed by atoms with Crippen LogP contribution in [0.5, 0.6) is 0 Å². The second-order valence-electron chi connectivity index (χ2n) is 6.47. The minimum atomic E-state index is 0.975. The van der Waals surface area contributed by atoms with Crippen LogP contribution in [0.2, 0.25) is 0 Å². The van der Waals surface area contributed by atoms with E-state index in [4.69, 9.17) is 4.74 Å². The van der Waals surface area contributed by atoms with Crippen LogP contribution in [0.1, 0.15) is 117 Å². The Kier molecular flexibility index (Phi) is 20.1. The molecule has 0 aliphatic heterocycles. The van der Waals surface area contributed by atoms with Gasteiger partial charge >= 0.3 is 0 Å². The fourth-order valence-electron chi connectivity index (χ4n) is 2.73. The Balaban J connectivity index is 2.98. The second-order valence-corrected chi connectivity index (χ2v) is 6.47. The number of ether oxygens (including phenoxy) is 1. The Labute approximate surface area is 140 Å². The summed E-state index contributed by atoms with van der Waals surface area (Å²) in [6.07, 6.45) is 26.1. The van der Waals surface area contributed by atoms with E-state index in [9.17, 15) is 0 Å². The van der Waals surface area contributed by atoms with E-state index in [0.29, 0.717) is 0 Å². The zero-order valence-electron chi connectivity index (χ0n) is 15.5. The number of allylic oxidation sites excluding steroid dienone is 1. The molecule has 0 saturated heterocycles. The van der Waals surface area contributed by atoms with Crippen LogP contribution in [0, 0.1) is 6.61 Å². The highest BCUT2D eigenvalue weighted by atomic mass is 16.5. The van der Waals surface area contributed by atoms with Gasteiger partial charge in [-0.2, -0.15) is 0 Å². The van der Waals surface area contributed by atoms with Crippen LogP contribution in [-0.4, -0.2) is 0 Å². The molecule has 0 aliphatic carbocycles. The van der Waals surface area contributed by atoms with Crippen LogP contribution in [-0.2, 0) is 4.74 Å². The van der Waals surface area contributed by atoms with Crippen molar-refractivity contribution in [3.63, 3.8) is 0 Å². The van der Waals surface area contributed by atoms with E-state index in [-0.39, 0.29) is 0 Å². The molecule has 0 fully saturated rings. The third kappa shape index (κ3) is 19.5. The summed E-state index contributed by atoms with van der Waals surface area (Å²) in [5, 5.41) is 0. The lowest BCUT2D eigenvalue weighted by Crippen LogP contribution is -1.83. The normalized spacial score (nSPS) is 11.4. The number of rotatable bonds is 18. The highest BCUT2D eigenvalue weighted by molar-refractivity contribution is 4.74. The third-order valence-corrected chi connectivity index (χ3v) is 4.16. The fourth-order valence-corrected chi connectivity index (χ4v) is 2.73. The highest BCUT2D eigenvalue weighted by Crippen LogP contribution is 2.13. The smallest absolute Gasteiger partial charge is 0.134 e. The predicted octanol–water partition coefficient (Wildman–Crippen LogP) is 7.96. The molecule has 0 amide bonds. The van der Waals surface area contributed by atoms with E-state index in [2.05, 4.69) is 19.9 Å². The first-order valence-electron chi connectivity index (χ1n) is 10.0. The molecule has 1 heteroatoms. The van der Waals surface area contributed by atoms with Gasteiger partial charge in [0.15, 0.2) is 0 Å². The van der Waals surface area contributed by atoms with Crippen LogP contribution in [0.4, 0.5) is 0 Å². The Bertz CT molecular complexity index is 210. The SMILES string of the molecule is CC[CH]O/C=C/CCCCCCCCCCCCCCCC. The van der Waals surface area contributed by atoms with Gasteiger partial charge in [-0.15, -0.1) is 0 Å². The van der Waals surface area contributed by atoms with Crippen molar-refractivity contribution in [2.45, 2.75) is 117 Å². The van der Waals surface area contributed by atoms with Gasteiger partial charge in [-0.25, -0.2) is 0 Å². The Morgan fingerprint density at radius 2 is 1.05 bits per heavy atom. The Hall–Kier alpha value is -0.460. The Morgan fingerprint density at radius 3 is 1.50 bits per heavy atom. The van der Waals surface area contributed by atoms with Crippen molar-refractivity contribution < 1.29 is 4.74 Å². The van der Waals surface area contributed by atoms with E-state index in [1.54, 1.807) is 0 Å². The molecule has 0 rings (SSSR count). The van der Waals surface area contributed by atoms with E-state index < -0.39 is 0 Å². The summed E-state index contributed by atoms with van der Waals surface area (Å²) in [6.45, 7) is 6.21. The van der Waals surface area contributed by atoms with Crippen LogP contribution in [0.15, 0.2) is 12.3 Å². The standard InChI is InChI=1S/C21H41O/c1-3-5-6-7-8-9-10-11-12-13-14-15-16-17-18-19-21-22-20-4-2/h19-21H,3-18H2,1-2H3/b21-19+. The first-order chi connectivity index (χ1) is 10.9. The summed E-state index contributed by atoms with van der Waals surface area (Å²) in [7, 11) is 0. The average molecular weight is 310 g/mol. The van der Waals surface area contributed by atoms with E-state index in [1.165, 1.54) is 89.9 Å². The lowest BCUT2D eigenvalue weighted by Gasteiger charge is -2.02. The number of unbranched alkanes of at least 4 members (excludes halogenated alkanes) is 14. The van der Waals surface area contributed by atoms with Crippen LogP contribution >= 0.6 is 0 Å². The van der Waals surface area contributed by atoms with Crippen molar-refractivity contribution in [2.75, 3.05) is 0 Å².